The Morgan fingerprint density at radius 1 is 1.46 bits per heavy atom. The van der Waals surface area contributed by atoms with E-state index in [-0.39, 0.29) is 23.5 Å². The van der Waals surface area contributed by atoms with Crippen LogP contribution in [0.4, 0.5) is 0 Å². The van der Waals surface area contributed by atoms with Gasteiger partial charge >= 0.3 is 5.69 Å². The number of fused-ring (bicyclic) bond motifs is 1. The summed E-state index contributed by atoms with van der Waals surface area (Å²) >= 11 is 1.21. The Bertz CT molecular complexity index is 788. The van der Waals surface area contributed by atoms with Crippen molar-refractivity contribution in [3.05, 3.63) is 34.7 Å². The summed E-state index contributed by atoms with van der Waals surface area (Å²) in [7, 11) is 3.32. The van der Waals surface area contributed by atoms with Gasteiger partial charge in [-0.15, -0.1) is 5.10 Å². The SMILES string of the molecule is CN(C[C@H]1COc2ccccc2O1)C(=O)CSc1n[nH]c(=O)n1C. The third-order valence-corrected chi connectivity index (χ3v) is 4.65. The molecule has 1 aromatic carbocycles. The first-order chi connectivity index (χ1) is 11.5. The van der Waals surface area contributed by atoms with Gasteiger partial charge in [0, 0.05) is 14.1 Å². The second-order valence-electron chi connectivity index (χ2n) is 5.43. The van der Waals surface area contributed by atoms with Crippen molar-refractivity contribution in [3.8, 4) is 11.5 Å². The first-order valence-electron chi connectivity index (χ1n) is 7.41. The molecule has 1 aliphatic heterocycles. The van der Waals surface area contributed by atoms with Crippen LogP contribution in [0, 0.1) is 0 Å². The molecule has 0 fully saturated rings. The third-order valence-electron chi connectivity index (χ3n) is 3.63. The van der Waals surface area contributed by atoms with Crippen molar-refractivity contribution in [2.45, 2.75) is 11.3 Å². The smallest absolute Gasteiger partial charge is 0.343 e. The number of ether oxygens (including phenoxy) is 2. The molecule has 1 N–H and O–H groups in total. The minimum atomic E-state index is -0.301. The Labute approximate surface area is 142 Å². The van der Waals surface area contributed by atoms with Crippen LogP contribution in [0.25, 0.3) is 0 Å². The number of carbonyl (C=O) groups excluding carboxylic acids is 1. The van der Waals surface area contributed by atoms with Crippen molar-refractivity contribution < 1.29 is 14.3 Å². The van der Waals surface area contributed by atoms with E-state index in [0.717, 1.165) is 5.75 Å². The minimum absolute atomic E-state index is 0.0714. The van der Waals surface area contributed by atoms with Gasteiger partial charge in [0.2, 0.25) is 5.91 Å². The van der Waals surface area contributed by atoms with Crippen LogP contribution in [-0.2, 0) is 11.8 Å². The summed E-state index contributed by atoms with van der Waals surface area (Å²) in [5.74, 6) is 1.53. The number of nitrogens with zero attached hydrogens (tertiary/aromatic N) is 3. The Kier molecular flexibility index (Phi) is 4.79. The average Bonchev–Trinajstić information content (AvgIpc) is 2.91. The van der Waals surface area contributed by atoms with E-state index in [0.29, 0.717) is 24.1 Å². The van der Waals surface area contributed by atoms with Crippen molar-refractivity contribution in [1.29, 1.82) is 0 Å². The lowest BCUT2D eigenvalue weighted by Crippen LogP contribution is -2.42. The van der Waals surface area contributed by atoms with Crippen molar-refractivity contribution in [2.75, 3.05) is 26.0 Å². The largest absolute Gasteiger partial charge is 0.486 e. The Morgan fingerprint density at radius 2 is 2.21 bits per heavy atom. The van der Waals surface area contributed by atoms with Gasteiger partial charge in [-0.25, -0.2) is 9.89 Å². The van der Waals surface area contributed by atoms with Gasteiger partial charge < -0.3 is 14.4 Å². The van der Waals surface area contributed by atoms with Crippen LogP contribution >= 0.6 is 11.8 Å². The summed E-state index contributed by atoms with van der Waals surface area (Å²) in [6.45, 7) is 0.822. The molecule has 0 saturated heterocycles. The normalized spacial score (nSPS) is 16.0. The van der Waals surface area contributed by atoms with E-state index in [1.54, 1.807) is 19.0 Å². The lowest BCUT2D eigenvalue weighted by molar-refractivity contribution is -0.128. The highest BCUT2D eigenvalue weighted by Crippen LogP contribution is 2.30. The van der Waals surface area contributed by atoms with Crippen LogP contribution < -0.4 is 15.2 Å². The molecule has 0 spiro atoms. The number of aromatic nitrogens is 3. The van der Waals surface area contributed by atoms with Crippen LogP contribution in [0.3, 0.4) is 0 Å². The fourth-order valence-corrected chi connectivity index (χ4v) is 3.12. The number of likely N-dealkylation sites (N-methyl/N-ethyl adjacent to an activating group) is 1. The van der Waals surface area contributed by atoms with Gasteiger partial charge in [-0.1, -0.05) is 23.9 Å². The van der Waals surface area contributed by atoms with Gasteiger partial charge in [-0.05, 0) is 12.1 Å². The number of hydrogen-bond donors (Lipinski definition) is 1. The summed E-state index contributed by atoms with van der Waals surface area (Å²) in [5, 5.41) is 6.68. The minimum Gasteiger partial charge on any atom is -0.486 e. The number of hydrogen-bond acceptors (Lipinski definition) is 6. The second kappa shape index (κ2) is 7.00. The molecule has 2 heterocycles. The molecule has 9 heteroatoms. The predicted octanol–water partition coefficient (Wildman–Crippen LogP) is 0.499. The molecular formula is C15H18N4O4S. The fourth-order valence-electron chi connectivity index (χ4n) is 2.26. The van der Waals surface area contributed by atoms with E-state index in [4.69, 9.17) is 9.47 Å². The van der Waals surface area contributed by atoms with E-state index >= 15 is 0 Å². The number of benzene rings is 1. The standard InChI is InChI=1S/C15H18N4O4S/c1-18(13(20)9-24-15-17-16-14(21)19(15)2)7-10-8-22-11-5-3-4-6-12(11)23-10/h3-6,10H,7-9H2,1-2H3,(H,16,21)/t10-/m0/s1. The molecule has 0 unspecified atom stereocenters. The lowest BCUT2D eigenvalue weighted by Gasteiger charge is -2.29. The van der Waals surface area contributed by atoms with Gasteiger partial charge in [0.15, 0.2) is 22.8 Å². The van der Waals surface area contributed by atoms with E-state index in [1.807, 2.05) is 24.3 Å². The van der Waals surface area contributed by atoms with Crippen molar-refractivity contribution in [3.63, 3.8) is 0 Å². The quantitative estimate of drug-likeness (QED) is 0.790. The van der Waals surface area contributed by atoms with Crippen LogP contribution in [-0.4, -0.2) is 57.6 Å². The maximum Gasteiger partial charge on any atom is 0.343 e. The number of amides is 1. The first-order valence-corrected chi connectivity index (χ1v) is 8.40. The summed E-state index contributed by atoms with van der Waals surface area (Å²) in [4.78, 5) is 25.1. The summed E-state index contributed by atoms with van der Waals surface area (Å²) < 4.78 is 12.9. The zero-order valence-electron chi connectivity index (χ0n) is 13.4. The number of nitrogens with one attached hydrogen (secondary N) is 1. The molecule has 24 heavy (non-hydrogen) atoms. The molecular weight excluding hydrogens is 332 g/mol. The Balaban J connectivity index is 1.51. The molecule has 1 aromatic heterocycles. The zero-order valence-corrected chi connectivity index (χ0v) is 14.2. The molecule has 0 saturated carbocycles. The first kappa shape index (κ1) is 16.4. The maximum absolute atomic E-state index is 12.2. The highest BCUT2D eigenvalue weighted by atomic mass is 32.2. The maximum atomic E-state index is 12.2. The Hall–Kier alpha value is -2.42. The molecule has 3 rings (SSSR count). The van der Waals surface area contributed by atoms with E-state index in [9.17, 15) is 9.59 Å². The van der Waals surface area contributed by atoms with Crippen LogP contribution in [0.5, 0.6) is 11.5 Å². The van der Waals surface area contributed by atoms with Gasteiger partial charge in [-0.2, -0.15) is 0 Å². The molecule has 1 amide bonds. The van der Waals surface area contributed by atoms with Crippen LogP contribution in [0.1, 0.15) is 0 Å². The monoisotopic (exact) mass is 350 g/mol. The van der Waals surface area contributed by atoms with E-state index in [1.165, 1.54) is 16.3 Å². The van der Waals surface area contributed by atoms with Gasteiger partial charge in [0.25, 0.3) is 0 Å². The van der Waals surface area contributed by atoms with Gasteiger partial charge in [0.05, 0.1) is 12.3 Å². The highest BCUT2D eigenvalue weighted by Gasteiger charge is 2.23. The molecule has 0 aliphatic carbocycles. The van der Waals surface area contributed by atoms with Crippen molar-refractivity contribution in [2.24, 2.45) is 7.05 Å². The van der Waals surface area contributed by atoms with Crippen molar-refractivity contribution >= 4 is 17.7 Å². The highest BCUT2D eigenvalue weighted by molar-refractivity contribution is 7.99. The van der Waals surface area contributed by atoms with Gasteiger partial charge in [-0.3, -0.25) is 9.36 Å². The number of H-pyrrole nitrogens is 1. The summed E-state index contributed by atoms with van der Waals surface area (Å²) in [5.41, 5.74) is -0.301. The summed E-state index contributed by atoms with van der Waals surface area (Å²) in [6.07, 6.45) is -0.214. The topological polar surface area (TPSA) is 89.5 Å². The molecule has 0 radical (unpaired) electrons. The number of thioether (sulfide) groups is 1. The number of rotatable bonds is 5. The lowest BCUT2D eigenvalue weighted by atomic mass is 10.2. The molecule has 1 atom stereocenters. The van der Waals surface area contributed by atoms with Gasteiger partial charge in [0.1, 0.15) is 6.61 Å². The number of carbonyl (C=O) groups is 1. The Morgan fingerprint density at radius 3 is 2.92 bits per heavy atom. The number of para-hydroxylation sites is 2. The molecule has 2 aromatic rings. The average molecular weight is 350 g/mol. The number of aromatic amines is 1. The van der Waals surface area contributed by atoms with Crippen LogP contribution in [0.15, 0.2) is 34.2 Å². The zero-order chi connectivity index (χ0) is 17.1. The third kappa shape index (κ3) is 3.56. The summed E-state index contributed by atoms with van der Waals surface area (Å²) in [6, 6.07) is 7.46. The molecule has 8 nitrogen and oxygen atoms in total. The fraction of sp³-hybridized carbons (Fsp3) is 0.400. The molecule has 0 bridgehead atoms. The molecule has 128 valence electrons. The van der Waals surface area contributed by atoms with E-state index in [2.05, 4.69) is 10.2 Å². The van der Waals surface area contributed by atoms with E-state index < -0.39 is 0 Å². The van der Waals surface area contributed by atoms with Crippen molar-refractivity contribution in [1.82, 2.24) is 19.7 Å². The predicted molar refractivity (Wildman–Crippen MR) is 88.5 cm³/mol. The van der Waals surface area contributed by atoms with Crippen LogP contribution in [0.2, 0.25) is 0 Å². The molecule has 1 aliphatic rings. The second-order valence-corrected chi connectivity index (χ2v) is 6.37.